The van der Waals surface area contributed by atoms with Crippen molar-refractivity contribution in [2.24, 2.45) is 5.92 Å². The van der Waals surface area contributed by atoms with Gasteiger partial charge in [0.05, 0.1) is 24.7 Å². The predicted octanol–water partition coefficient (Wildman–Crippen LogP) is 0.179. The Morgan fingerprint density at radius 1 is 1.56 bits per heavy atom. The van der Waals surface area contributed by atoms with Crippen LogP contribution in [0.15, 0.2) is 0 Å². The van der Waals surface area contributed by atoms with Crippen molar-refractivity contribution in [2.45, 2.75) is 32.5 Å². The third kappa shape index (κ3) is 4.47. The number of carboxylic acid groups (broad SMARTS) is 1. The SMILES string of the molecule is CC(C)OCC(O)CN1CCC(C(=O)O)C1. The van der Waals surface area contributed by atoms with Crippen LogP contribution in [0.3, 0.4) is 0 Å². The fourth-order valence-electron chi connectivity index (χ4n) is 1.85. The summed E-state index contributed by atoms with van der Waals surface area (Å²) in [5.74, 6) is -1.02. The van der Waals surface area contributed by atoms with E-state index in [9.17, 15) is 9.90 Å². The van der Waals surface area contributed by atoms with E-state index in [4.69, 9.17) is 9.84 Å². The van der Waals surface area contributed by atoms with Gasteiger partial charge in [0.15, 0.2) is 0 Å². The summed E-state index contributed by atoms with van der Waals surface area (Å²) in [7, 11) is 0. The molecule has 1 saturated heterocycles. The summed E-state index contributed by atoms with van der Waals surface area (Å²) in [5.41, 5.74) is 0. The molecule has 0 aromatic carbocycles. The molecule has 0 amide bonds. The van der Waals surface area contributed by atoms with Gasteiger partial charge in [0.2, 0.25) is 0 Å². The van der Waals surface area contributed by atoms with Gasteiger partial charge in [0.25, 0.3) is 0 Å². The molecule has 2 N–H and O–H groups in total. The van der Waals surface area contributed by atoms with Gasteiger partial charge in [0, 0.05) is 13.1 Å². The van der Waals surface area contributed by atoms with Crippen molar-refractivity contribution < 1.29 is 19.7 Å². The van der Waals surface area contributed by atoms with Crippen LogP contribution >= 0.6 is 0 Å². The first-order chi connectivity index (χ1) is 7.49. The van der Waals surface area contributed by atoms with E-state index in [1.807, 2.05) is 18.7 Å². The van der Waals surface area contributed by atoms with Crippen LogP contribution in [0.25, 0.3) is 0 Å². The highest BCUT2D eigenvalue weighted by Crippen LogP contribution is 2.16. The average molecular weight is 231 g/mol. The molecule has 16 heavy (non-hydrogen) atoms. The highest BCUT2D eigenvalue weighted by molar-refractivity contribution is 5.70. The van der Waals surface area contributed by atoms with Gasteiger partial charge >= 0.3 is 5.97 Å². The second kappa shape index (κ2) is 6.18. The zero-order valence-corrected chi connectivity index (χ0v) is 9.93. The van der Waals surface area contributed by atoms with Gasteiger partial charge in [-0.3, -0.25) is 9.69 Å². The summed E-state index contributed by atoms with van der Waals surface area (Å²) >= 11 is 0. The van der Waals surface area contributed by atoms with Crippen LogP contribution in [0.1, 0.15) is 20.3 Å². The Labute approximate surface area is 96.0 Å². The van der Waals surface area contributed by atoms with Gasteiger partial charge in [0.1, 0.15) is 0 Å². The summed E-state index contributed by atoms with van der Waals surface area (Å²) in [6.45, 7) is 5.93. The van der Waals surface area contributed by atoms with Crippen molar-refractivity contribution in [1.29, 1.82) is 0 Å². The van der Waals surface area contributed by atoms with Crippen LogP contribution in [0.4, 0.5) is 0 Å². The summed E-state index contributed by atoms with van der Waals surface area (Å²) in [4.78, 5) is 12.7. The summed E-state index contributed by atoms with van der Waals surface area (Å²) in [6, 6.07) is 0. The Balaban J connectivity index is 2.20. The molecule has 5 nitrogen and oxygen atoms in total. The van der Waals surface area contributed by atoms with Gasteiger partial charge in [-0.1, -0.05) is 0 Å². The topological polar surface area (TPSA) is 70.0 Å². The second-order valence-electron chi connectivity index (χ2n) is 4.62. The van der Waals surface area contributed by atoms with Crippen molar-refractivity contribution in [3.63, 3.8) is 0 Å². The van der Waals surface area contributed by atoms with Crippen LogP contribution in [-0.4, -0.2) is 59.5 Å². The van der Waals surface area contributed by atoms with E-state index >= 15 is 0 Å². The normalized spacial score (nSPS) is 23.9. The zero-order chi connectivity index (χ0) is 12.1. The van der Waals surface area contributed by atoms with E-state index in [0.717, 1.165) is 6.54 Å². The molecule has 1 fully saturated rings. The lowest BCUT2D eigenvalue weighted by Gasteiger charge is -2.20. The average Bonchev–Trinajstić information content (AvgIpc) is 2.63. The fourth-order valence-corrected chi connectivity index (χ4v) is 1.85. The lowest BCUT2D eigenvalue weighted by atomic mass is 10.1. The number of carbonyl (C=O) groups is 1. The molecular formula is C11H21NO4. The van der Waals surface area contributed by atoms with E-state index in [2.05, 4.69) is 0 Å². The highest BCUT2D eigenvalue weighted by Gasteiger charge is 2.28. The lowest BCUT2D eigenvalue weighted by molar-refractivity contribution is -0.141. The molecule has 0 bridgehead atoms. The number of aliphatic carboxylic acids is 1. The number of aliphatic hydroxyl groups excluding tert-OH is 1. The van der Waals surface area contributed by atoms with Crippen LogP contribution < -0.4 is 0 Å². The summed E-state index contributed by atoms with van der Waals surface area (Å²) < 4.78 is 5.30. The van der Waals surface area contributed by atoms with Crippen LogP contribution in [0, 0.1) is 5.92 Å². The first-order valence-corrected chi connectivity index (χ1v) is 5.74. The fraction of sp³-hybridized carbons (Fsp3) is 0.909. The third-order valence-corrected chi connectivity index (χ3v) is 2.71. The molecule has 1 aliphatic rings. The number of hydrogen-bond donors (Lipinski definition) is 2. The first kappa shape index (κ1) is 13.4. The molecule has 0 aliphatic carbocycles. The molecule has 0 radical (unpaired) electrons. The molecule has 5 heteroatoms. The predicted molar refractivity (Wildman–Crippen MR) is 59.3 cm³/mol. The highest BCUT2D eigenvalue weighted by atomic mass is 16.5. The number of carboxylic acids is 1. The Hall–Kier alpha value is -0.650. The van der Waals surface area contributed by atoms with Crippen molar-refractivity contribution >= 4 is 5.97 Å². The third-order valence-electron chi connectivity index (χ3n) is 2.71. The van der Waals surface area contributed by atoms with Gasteiger partial charge in [-0.25, -0.2) is 0 Å². The molecule has 0 aromatic rings. The van der Waals surface area contributed by atoms with Crippen LogP contribution in [0.5, 0.6) is 0 Å². The summed E-state index contributed by atoms with van der Waals surface area (Å²) in [5, 5.41) is 18.5. The number of nitrogens with zero attached hydrogens (tertiary/aromatic N) is 1. The molecule has 0 spiro atoms. The lowest BCUT2D eigenvalue weighted by Crippen LogP contribution is -2.34. The number of rotatable bonds is 6. The van der Waals surface area contributed by atoms with E-state index < -0.39 is 12.1 Å². The molecular weight excluding hydrogens is 210 g/mol. The van der Waals surface area contributed by atoms with E-state index in [0.29, 0.717) is 26.1 Å². The van der Waals surface area contributed by atoms with E-state index in [1.54, 1.807) is 0 Å². The Morgan fingerprint density at radius 3 is 2.75 bits per heavy atom. The van der Waals surface area contributed by atoms with Gasteiger partial charge in [-0.05, 0) is 26.8 Å². The number of hydrogen-bond acceptors (Lipinski definition) is 4. The van der Waals surface area contributed by atoms with Gasteiger partial charge in [-0.2, -0.15) is 0 Å². The van der Waals surface area contributed by atoms with E-state index in [-0.39, 0.29) is 12.0 Å². The maximum atomic E-state index is 10.7. The monoisotopic (exact) mass is 231 g/mol. The zero-order valence-electron chi connectivity index (χ0n) is 9.93. The smallest absolute Gasteiger partial charge is 0.307 e. The molecule has 94 valence electrons. The summed E-state index contributed by atoms with van der Waals surface area (Å²) in [6.07, 6.45) is 0.252. The Bertz CT molecular complexity index is 232. The molecule has 1 aliphatic heterocycles. The van der Waals surface area contributed by atoms with Crippen molar-refractivity contribution in [2.75, 3.05) is 26.2 Å². The largest absolute Gasteiger partial charge is 0.481 e. The minimum absolute atomic E-state index is 0.111. The van der Waals surface area contributed by atoms with Crippen molar-refractivity contribution in [3.8, 4) is 0 Å². The molecule has 1 heterocycles. The number of likely N-dealkylation sites (tertiary alicyclic amines) is 1. The maximum Gasteiger partial charge on any atom is 0.307 e. The molecule has 0 aromatic heterocycles. The van der Waals surface area contributed by atoms with E-state index in [1.165, 1.54) is 0 Å². The second-order valence-corrected chi connectivity index (χ2v) is 4.62. The quantitative estimate of drug-likeness (QED) is 0.682. The molecule has 2 unspecified atom stereocenters. The van der Waals surface area contributed by atoms with Crippen LogP contribution in [-0.2, 0) is 9.53 Å². The number of aliphatic hydroxyl groups is 1. The van der Waals surface area contributed by atoms with Crippen LogP contribution in [0.2, 0.25) is 0 Å². The Morgan fingerprint density at radius 2 is 2.25 bits per heavy atom. The maximum absolute atomic E-state index is 10.7. The van der Waals surface area contributed by atoms with Crippen molar-refractivity contribution in [1.82, 2.24) is 4.90 Å². The number of ether oxygens (including phenoxy) is 1. The number of β-amino-alcohol motifs (C(OH)–C–C–N with tert-alkyl or cyclic N) is 1. The van der Waals surface area contributed by atoms with Gasteiger partial charge < -0.3 is 14.9 Å². The van der Waals surface area contributed by atoms with Gasteiger partial charge in [-0.15, -0.1) is 0 Å². The molecule has 1 rings (SSSR count). The molecule has 0 saturated carbocycles. The standard InChI is InChI=1S/C11H21NO4/c1-8(2)16-7-10(13)6-12-4-3-9(5-12)11(14)15/h8-10,13H,3-7H2,1-2H3,(H,14,15). The first-order valence-electron chi connectivity index (χ1n) is 5.74. The minimum atomic E-state index is -0.740. The van der Waals surface area contributed by atoms with Crippen molar-refractivity contribution in [3.05, 3.63) is 0 Å². The molecule has 2 atom stereocenters. The Kier molecular flexibility index (Phi) is 5.18. The minimum Gasteiger partial charge on any atom is -0.481 e.